The van der Waals surface area contributed by atoms with Gasteiger partial charge in [-0.25, -0.2) is 0 Å². The average Bonchev–Trinajstić information content (AvgIpc) is 3.22. The van der Waals surface area contributed by atoms with Crippen molar-refractivity contribution in [2.75, 3.05) is 0 Å². The van der Waals surface area contributed by atoms with E-state index in [0.29, 0.717) is 17.8 Å². The predicted octanol–water partition coefficient (Wildman–Crippen LogP) is 18.6. The largest absolute Gasteiger partial charge is 0.0991 e. The molecule has 0 aliphatic carbocycles. The zero-order valence-corrected chi connectivity index (χ0v) is 40.0. The summed E-state index contributed by atoms with van der Waals surface area (Å²) >= 11 is 0. The van der Waals surface area contributed by atoms with Gasteiger partial charge in [0.25, 0.3) is 0 Å². The van der Waals surface area contributed by atoms with Gasteiger partial charge in [0.15, 0.2) is 0 Å². The molecule has 0 aliphatic heterocycles. The van der Waals surface area contributed by atoms with Gasteiger partial charge in [0, 0.05) is 0 Å². The second kappa shape index (κ2) is 35.1. The van der Waals surface area contributed by atoms with Crippen LogP contribution in [0.15, 0.2) is 218 Å². The Labute approximate surface area is 372 Å². The minimum absolute atomic E-state index is 0.242. The van der Waals surface area contributed by atoms with Crippen LogP contribution in [0.5, 0.6) is 0 Å². The molecule has 0 aromatic rings. The first-order valence-electron chi connectivity index (χ1n) is 22.8. The van der Waals surface area contributed by atoms with Crippen molar-refractivity contribution in [2.24, 2.45) is 41.4 Å². The molecule has 0 fully saturated rings. The second-order valence-corrected chi connectivity index (χ2v) is 16.0. The highest BCUT2D eigenvalue weighted by atomic mass is 14.4. The Balaban J connectivity index is 8.32. The van der Waals surface area contributed by atoms with Crippen molar-refractivity contribution in [3.8, 4) is 0 Å². The number of hydrogen-bond acceptors (Lipinski definition) is 0. The van der Waals surface area contributed by atoms with E-state index in [9.17, 15) is 0 Å². The van der Waals surface area contributed by atoms with Crippen molar-refractivity contribution in [1.29, 1.82) is 0 Å². The van der Waals surface area contributed by atoms with Crippen LogP contribution in [0.2, 0.25) is 0 Å². The fraction of sp³-hybridized carbons (Fsp3) is 0.400. The van der Waals surface area contributed by atoms with E-state index in [1.54, 1.807) is 0 Å². The molecule has 0 N–H and O–H groups in total. The van der Waals surface area contributed by atoms with E-state index in [2.05, 4.69) is 230 Å². The molecule has 60 heavy (non-hydrogen) atoms. The van der Waals surface area contributed by atoms with Crippen LogP contribution in [-0.4, -0.2) is 0 Å². The number of rotatable bonds is 31. The quantitative estimate of drug-likeness (QED) is 0.0612. The average molecular weight is 807 g/mol. The third-order valence-electron chi connectivity index (χ3n) is 11.3. The first-order valence-corrected chi connectivity index (χ1v) is 22.8. The Kier molecular flexibility index (Phi) is 32.4. The van der Waals surface area contributed by atoms with Crippen LogP contribution in [0.1, 0.15) is 114 Å². The van der Waals surface area contributed by atoms with E-state index < -0.39 is 0 Å². The van der Waals surface area contributed by atoms with Crippen molar-refractivity contribution in [3.63, 3.8) is 0 Å². The van der Waals surface area contributed by atoms with Crippen molar-refractivity contribution in [3.05, 3.63) is 218 Å². The van der Waals surface area contributed by atoms with Gasteiger partial charge in [-0.2, -0.15) is 0 Å². The summed E-state index contributed by atoms with van der Waals surface area (Å²) < 4.78 is 0. The monoisotopic (exact) mass is 807 g/mol. The highest BCUT2D eigenvalue weighted by Gasteiger charge is 2.31. The zero-order valence-electron chi connectivity index (χ0n) is 40.0. The highest BCUT2D eigenvalue weighted by molar-refractivity contribution is 5.35. The van der Waals surface area contributed by atoms with Crippen LogP contribution < -0.4 is 0 Å². The molecule has 0 nitrogen and oxygen atoms in total. The Hall–Kier alpha value is -4.68. The lowest BCUT2D eigenvalue weighted by molar-refractivity contribution is 0.298. The molecule has 6 unspecified atom stereocenters. The summed E-state index contributed by atoms with van der Waals surface area (Å²) in [5.41, 5.74) is 7.98. The second-order valence-electron chi connectivity index (χ2n) is 16.0. The van der Waals surface area contributed by atoms with Gasteiger partial charge < -0.3 is 0 Å². The van der Waals surface area contributed by atoms with Gasteiger partial charge in [-0.1, -0.05) is 212 Å². The molecule has 0 heterocycles. The van der Waals surface area contributed by atoms with Crippen LogP contribution in [0, 0.1) is 41.4 Å². The van der Waals surface area contributed by atoms with Gasteiger partial charge in [-0.3, -0.25) is 0 Å². The molecule has 0 aliphatic rings. The predicted molar refractivity (Wildman–Crippen MR) is 277 cm³/mol. The normalized spacial score (nSPS) is 17.5. The molecule has 0 rings (SSSR count). The Morgan fingerprint density at radius 2 is 0.700 bits per heavy atom. The van der Waals surface area contributed by atoms with Crippen LogP contribution in [0.25, 0.3) is 0 Å². The fourth-order valence-electron chi connectivity index (χ4n) is 8.62. The maximum Gasteiger partial charge on any atom is -0.0133 e. The van der Waals surface area contributed by atoms with Gasteiger partial charge in [0.05, 0.1) is 0 Å². The van der Waals surface area contributed by atoms with Crippen molar-refractivity contribution in [2.45, 2.75) is 114 Å². The summed E-state index contributed by atoms with van der Waals surface area (Å²) in [5.74, 6) is 2.23. The van der Waals surface area contributed by atoms with E-state index >= 15 is 0 Å². The Morgan fingerprint density at radius 1 is 0.383 bits per heavy atom. The smallest absolute Gasteiger partial charge is 0.0133 e. The van der Waals surface area contributed by atoms with Gasteiger partial charge in [0.2, 0.25) is 0 Å². The maximum absolute atomic E-state index is 4.41. The molecule has 0 saturated carbocycles. The van der Waals surface area contributed by atoms with Crippen molar-refractivity contribution < 1.29 is 0 Å². The first-order chi connectivity index (χ1) is 29.1. The van der Waals surface area contributed by atoms with E-state index in [-0.39, 0.29) is 23.7 Å². The standard InChI is InChI=1S/C60H86/c1-16-29-41-49(28-13)56(43-55(40-27-12)50(31-18-3)32-19-4)44-58(53(37-24-9)42-30-17-2)45-57(51(33-20-5)34-21-6)46-59(52(35-22-7)36-23-8)47-60(48(14)15)54(38-25-10)39-26-11/h16-26,28-39,41-42,48,55-60H,3,5,7,10,13,27,40,43-47H2,1-2,4,6,8-9,11-12,14-15H3/b29-16-,30-17-,32-19-,34-21-,36-23-,37-24-,39-26-,49-41+,50-31+,51-33+,52-35+,53-42+,54-38+. The summed E-state index contributed by atoms with van der Waals surface area (Å²) in [4.78, 5) is 0. The third kappa shape index (κ3) is 21.0. The summed E-state index contributed by atoms with van der Waals surface area (Å²) in [6, 6.07) is 0. The molecular weight excluding hydrogens is 721 g/mol. The number of hydrogen-bond donors (Lipinski definition) is 0. The highest BCUT2D eigenvalue weighted by Crippen LogP contribution is 2.43. The van der Waals surface area contributed by atoms with Crippen molar-refractivity contribution in [1.82, 2.24) is 0 Å². The molecule has 0 radical (unpaired) electrons. The van der Waals surface area contributed by atoms with Crippen LogP contribution in [0.4, 0.5) is 0 Å². The minimum atomic E-state index is 0.242. The molecule has 0 bridgehead atoms. The molecule has 0 aromatic heterocycles. The van der Waals surface area contributed by atoms with Crippen LogP contribution in [-0.2, 0) is 0 Å². The van der Waals surface area contributed by atoms with E-state index in [4.69, 9.17) is 0 Å². The lowest BCUT2D eigenvalue weighted by Crippen LogP contribution is -2.23. The van der Waals surface area contributed by atoms with Gasteiger partial charge in [-0.05, 0) is 162 Å². The minimum Gasteiger partial charge on any atom is -0.0991 e. The fourth-order valence-corrected chi connectivity index (χ4v) is 8.62. The Morgan fingerprint density at radius 3 is 1.05 bits per heavy atom. The zero-order chi connectivity index (χ0) is 45.1. The molecule has 0 aromatic carbocycles. The molecular formula is C60H86. The summed E-state index contributed by atoms with van der Waals surface area (Å²) in [7, 11) is 0. The van der Waals surface area contributed by atoms with Crippen LogP contribution >= 0.6 is 0 Å². The SMILES string of the molecule is C=C/C=C(\C=C/C)C(CCC)CC(CC(CC(CC(CC(C(/C=C\C)=C/C=C)C(C)C)C(/C=C\C)=C/C=C)C(/C=C\C)=C/C=C)C(/C=C\C)=C/C=C\C)/C(C=C)=C/C=C\C. The summed E-state index contributed by atoms with van der Waals surface area (Å²) in [6.07, 6.45) is 61.8. The van der Waals surface area contributed by atoms with E-state index in [0.717, 1.165) is 44.9 Å². The topological polar surface area (TPSA) is 0 Å². The van der Waals surface area contributed by atoms with Crippen LogP contribution in [0.3, 0.4) is 0 Å². The summed E-state index contributed by atoms with van der Waals surface area (Å²) in [5, 5.41) is 0. The molecule has 0 amide bonds. The third-order valence-corrected chi connectivity index (χ3v) is 11.3. The van der Waals surface area contributed by atoms with Gasteiger partial charge in [0.1, 0.15) is 0 Å². The lowest BCUT2D eigenvalue weighted by atomic mass is 9.70. The maximum atomic E-state index is 4.41. The summed E-state index contributed by atoms with van der Waals surface area (Å²) in [6.45, 7) is 42.8. The lowest BCUT2D eigenvalue weighted by Gasteiger charge is -2.35. The van der Waals surface area contributed by atoms with Gasteiger partial charge in [-0.15, -0.1) is 0 Å². The molecule has 0 spiro atoms. The number of allylic oxidation sites excluding steroid dienone is 31. The van der Waals surface area contributed by atoms with E-state index in [1.165, 1.54) is 33.4 Å². The molecule has 326 valence electrons. The van der Waals surface area contributed by atoms with Gasteiger partial charge >= 0.3 is 0 Å². The molecule has 0 heteroatoms. The Bertz CT molecular complexity index is 1680. The molecule has 0 saturated heterocycles. The molecule has 6 atom stereocenters. The van der Waals surface area contributed by atoms with E-state index in [1.807, 2.05) is 24.3 Å². The first kappa shape index (κ1) is 55.3. The van der Waals surface area contributed by atoms with Crippen molar-refractivity contribution >= 4 is 0 Å².